The number of rotatable bonds is 0. The molecular formula is H14Ba2O8SrTi2. The van der Waals surface area contributed by atoms with Crippen LogP contribution in [0.15, 0.2) is 0 Å². The van der Waals surface area contributed by atoms with E-state index < -0.39 is 36.3 Å². The Morgan fingerprint density at radius 3 is 0.462 bits per heavy atom. The van der Waals surface area contributed by atoms with Crippen LogP contribution in [0.4, 0.5) is 0 Å². The third-order valence-electron chi connectivity index (χ3n) is 0. The van der Waals surface area contributed by atoms with Gasteiger partial charge in [-0.1, -0.05) is 0 Å². The van der Waals surface area contributed by atoms with E-state index in [1.807, 2.05) is 0 Å². The first-order chi connectivity index (χ1) is 4.00. The minimum absolute atomic E-state index is 0. The van der Waals surface area contributed by atoms with Crippen LogP contribution in [0.5, 0.6) is 0 Å². The molecule has 0 bridgehead atoms. The van der Waals surface area contributed by atoms with Crippen LogP contribution in [0.3, 0.4) is 0 Å². The first-order valence-electron chi connectivity index (χ1n) is 1.79. The first kappa shape index (κ1) is 31.2. The molecule has 0 saturated carbocycles. The van der Waals surface area contributed by atoms with Crippen LogP contribution < -0.4 is 0 Å². The Morgan fingerprint density at radius 1 is 0.462 bits per heavy atom. The van der Waals surface area contributed by atoms with Crippen LogP contribution in [-0.4, -0.2) is 173 Å². The molecule has 0 aliphatic heterocycles. The zero-order valence-electron chi connectivity index (χ0n) is 4.58. The van der Waals surface area contributed by atoms with Gasteiger partial charge in [0.25, 0.3) is 0 Å². The molecule has 0 aliphatic carbocycles. The summed E-state index contributed by atoms with van der Waals surface area (Å²) in [4.78, 5) is 0. The fraction of sp³-hybridized carbons (Fsp3) is 0. The molecule has 13 heavy (non-hydrogen) atoms. The molecule has 0 aromatic rings. The fourth-order valence-corrected chi connectivity index (χ4v) is 0. The SMILES string of the molecule is [BaH2].[BaH2].[OH][Ti]([OH])([OH])[OH].[OH][Ti]([OH])([OH])[OH].[SrH2]. The van der Waals surface area contributed by atoms with E-state index in [1.165, 1.54) is 0 Å². The quantitative estimate of drug-likeness (QED) is 0.127. The molecule has 0 fully saturated rings. The second-order valence-corrected chi connectivity index (χ2v) is 4.95. The minimum atomic E-state index is -5.00. The van der Waals surface area contributed by atoms with Gasteiger partial charge in [0, 0.05) is 0 Å². The summed E-state index contributed by atoms with van der Waals surface area (Å²) in [6.07, 6.45) is 0. The van der Waals surface area contributed by atoms with Gasteiger partial charge in [-0.05, 0) is 0 Å². The fourth-order valence-electron chi connectivity index (χ4n) is 0. The van der Waals surface area contributed by atoms with E-state index in [1.54, 1.807) is 0 Å². The Hall–Kier alpha value is 5.73. The van der Waals surface area contributed by atoms with E-state index in [9.17, 15) is 0 Å². The van der Waals surface area contributed by atoms with E-state index in [2.05, 4.69) is 0 Å². The molecule has 0 radical (unpaired) electrons. The molecule has 13 heteroatoms. The first-order valence-corrected chi connectivity index (χ1v) is 7.38. The van der Waals surface area contributed by atoms with Crippen molar-refractivity contribution in [2.75, 3.05) is 0 Å². The normalized spacial score (nSPS) is 9.23. The predicted octanol–water partition coefficient (Wildman–Crippen LogP) is -7.21. The maximum absolute atomic E-state index is 7.38. The number of hydrogen-bond donors (Lipinski definition) is 8. The summed E-state index contributed by atoms with van der Waals surface area (Å²) in [5.74, 6) is 0. The van der Waals surface area contributed by atoms with Crippen LogP contribution in [0, 0.1) is 0 Å². The van der Waals surface area contributed by atoms with Crippen molar-refractivity contribution in [2.45, 2.75) is 0 Å². The van der Waals surface area contributed by atoms with Crippen molar-refractivity contribution < 1.29 is 65.8 Å². The van der Waals surface area contributed by atoms with Gasteiger partial charge in [-0.3, -0.25) is 0 Å². The van der Waals surface area contributed by atoms with E-state index in [4.69, 9.17) is 29.5 Å². The van der Waals surface area contributed by atoms with Crippen LogP contribution in [0.1, 0.15) is 0 Å². The van der Waals surface area contributed by atoms with Gasteiger partial charge in [-0.2, -0.15) is 0 Å². The Labute approximate surface area is 202 Å². The second kappa shape index (κ2) is 15.8. The Balaban J connectivity index is -0.0000000267. The van der Waals surface area contributed by atoms with Gasteiger partial charge in [-0.15, -0.1) is 0 Å². The molecule has 0 aliphatic rings. The van der Waals surface area contributed by atoms with E-state index in [0.29, 0.717) is 0 Å². The van der Waals surface area contributed by atoms with Crippen molar-refractivity contribution in [3.63, 3.8) is 0 Å². The molecule has 0 spiro atoms. The molecule has 0 heterocycles. The monoisotopic (exact) mass is 602 g/mol. The molecule has 8 nitrogen and oxygen atoms in total. The summed E-state index contributed by atoms with van der Waals surface area (Å²) < 4.78 is 59.0. The summed E-state index contributed by atoms with van der Waals surface area (Å²) in [6, 6.07) is 0. The molecule has 76 valence electrons. The molecule has 8 N–H and O–H groups in total. The summed E-state index contributed by atoms with van der Waals surface area (Å²) in [5, 5.41) is 0. The van der Waals surface area contributed by atoms with Gasteiger partial charge in [0.05, 0.1) is 0 Å². The summed E-state index contributed by atoms with van der Waals surface area (Å²) in [7, 11) is 0. The Bertz CT molecular complexity index is 63.1. The second-order valence-electron chi connectivity index (χ2n) is 1.20. The van der Waals surface area contributed by atoms with Crippen molar-refractivity contribution in [1.29, 1.82) is 0 Å². The third-order valence-corrected chi connectivity index (χ3v) is 0. The van der Waals surface area contributed by atoms with Gasteiger partial charge in [-0.25, -0.2) is 0 Å². The summed E-state index contributed by atoms with van der Waals surface area (Å²) >= 11 is -10.0. The maximum atomic E-state index is 7.38. The molecule has 0 aromatic heterocycles. The average Bonchev–Trinajstić information content (AvgIpc) is 1.12. The van der Waals surface area contributed by atoms with Gasteiger partial charge in [0.1, 0.15) is 0 Å². The molecule has 0 atom stereocenters. The topological polar surface area (TPSA) is 162 Å². The zero-order chi connectivity index (χ0) is 9.00. The van der Waals surface area contributed by atoms with Gasteiger partial charge < -0.3 is 0 Å². The van der Waals surface area contributed by atoms with Crippen molar-refractivity contribution >= 4 is 143 Å². The molecule has 0 saturated heterocycles. The van der Waals surface area contributed by atoms with Gasteiger partial charge in [0.15, 0.2) is 0 Å². The molecule has 0 aromatic carbocycles. The Morgan fingerprint density at radius 2 is 0.462 bits per heavy atom. The zero-order valence-corrected chi connectivity index (χ0v) is 7.70. The molecular weight excluding hydrogens is 586 g/mol. The standard InChI is InChI=1S/2Ba.8H2O.Sr.2Ti.6H/h;;8*1H2;;;;;;;;;/q;;;;;;;;;;;2*+4;;;;;;/p-8. The van der Waals surface area contributed by atoms with Crippen LogP contribution in [-0.2, 0) is 36.3 Å². The average molecular weight is 600 g/mol. The molecule has 0 rings (SSSR count). The van der Waals surface area contributed by atoms with Crippen molar-refractivity contribution in [1.82, 2.24) is 0 Å². The van der Waals surface area contributed by atoms with Crippen LogP contribution in [0.2, 0.25) is 0 Å². The third kappa shape index (κ3) is 134. The van der Waals surface area contributed by atoms with Crippen molar-refractivity contribution in [3.05, 3.63) is 0 Å². The van der Waals surface area contributed by atoms with E-state index >= 15 is 0 Å². The van der Waals surface area contributed by atoms with Crippen molar-refractivity contribution in [3.8, 4) is 0 Å². The number of hydrogen-bond acceptors (Lipinski definition) is 8. The van der Waals surface area contributed by atoms with E-state index in [0.717, 1.165) is 0 Å². The van der Waals surface area contributed by atoms with Gasteiger partial charge >= 0.3 is 209 Å². The predicted molar refractivity (Wildman–Crippen MR) is 43.4 cm³/mol. The Kier molecular flexibility index (Phi) is 37.9. The van der Waals surface area contributed by atoms with Crippen molar-refractivity contribution in [2.24, 2.45) is 0 Å². The summed E-state index contributed by atoms with van der Waals surface area (Å²) in [5.41, 5.74) is 0. The molecule has 0 unspecified atom stereocenters. The summed E-state index contributed by atoms with van der Waals surface area (Å²) in [6.45, 7) is 0. The van der Waals surface area contributed by atoms with Crippen LogP contribution >= 0.6 is 0 Å². The molecule has 0 amide bonds. The van der Waals surface area contributed by atoms with Crippen LogP contribution in [0.25, 0.3) is 0 Å². The van der Waals surface area contributed by atoms with Gasteiger partial charge in [0.2, 0.25) is 0 Å². The van der Waals surface area contributed by atoms with E-state index in [-0.39, 0.29) is 143 Å².